The lowest BCUT2D eigenvalue weighted by molar-refractivity contribution is 0.0973. The summed E-state index contributed by atoms with van der Waals surface area (Å²) >= 11 is 7.76. The van der Waals surface area contributed by atoms with E-state index in [2.05, 4.69) is 10.1 Å². The number of nitrogens with zero attached hydrogens (tertiary/aromatic N) is 5. The lowest BCUT2D eigenvalue weighted by atomic mass is 10.3. The molecule has 0 aliphatic rings. The molecular formula is C19H25Cl2N5OS. The summed E-state index contributed by atoms with van der Waals surface area (Å²) in [6, 6.07) is 7.62. The minimum absolute atomic E-state index is 0. The van der Waals surface area contributed by atoms with E-state index >= 15 is 0 Å². The van der Waals surface area contributed by atoms with Crippen molar-refractivity contribution in [3.8, 4) is 0 Å². The van der Waals surface area contributed by atoms with Gasteiger partial charge in [0, 0.05) is 19.1 Å². The largest absolute Gasteiger partial charge is 0.308 e. The Labute approximate surface area is 180 Å². The molecule has 28 heavy (non-hydrogen) atoms. The van der Waals surface area contributed by atoms with Crippen LogP contribution in [0.5, 0.6) is 0 Å². The first-order chi connectivity index (χ1) is 12.8. The number of thiazole rings is 1. The summed E-state index contributed by atoms with van der Waals surface area (Å²) in [6.07, 6.45) is 0. The van der Waals surface area contributed by atoms with Crippen LogP contribution in [-0.2, 0) is 0 Å². The molecule has 0 spiro atoms. The molecule has 2 aromatic heterocycles. The maximum absolute atomic E-state index is 13.4. The Kier molecular flexibility index (Phi) is 7.45. The van der Waals surface area contributed by atoms with Crippen molar-refractivity contribution >= 4 is 56.6 Å². The third kappa shape index (κ3) is 4.66. The molecule has 3 aromatic rings. The molecule has 0 aliphatic heterocycles. The molecule has 6 nitrogen and oxygen atoms in total. The first-order valence-corrected chi connectivity index (χ1v) is 10.0. The second-order valence-electron chi connectivity index (χ2n) is 7.05. The smallest absolute Gasteiger partial charge is 0.278 e. The van der Waals surface area contributed by atoms with Crippen molar-refractivity contribution in [3.05, 3.63) is 40.7 Å². The summed E-state index contributed by atoms with van der Waals surface area (Å²) < 4.78 is 2.74. The Bertz CT molecular complexity index is 967. The lowest BCUT2D eigenvalue weighted by Gasteiger charge is -2.22. The number of aromatic nitrogens is 3. The van der Waals surface area contributed by atoms with E-state index < -0.39 is 0 Å². The van der Waals surface area contributed by atoms with Crippen LogP contribution in [0.25, 0.3) is 10.2 Å². The first kappa shape index (κ1) is 22.6. The van der Waals surface area contributed by atoms with E-state index in [1.807, 2.05) is 64.0 Å². The molecule has 0 bridgehead atoms. The molecular weight excluding hydrogens is 417 g/mol. The number of anilines is 1. The number of hydrogen-bond donors (Lipinski definition) is 0. The lowest BCUT2D eigenvalue weighted by Crippen LogP contribution is -2.38. The number of para-hydroxylation sites is 1. The zero-order valence-electron chi connectivity index (χ0n) is 16.6. The summed E-state index contributed by atoms with van der Waals surface area (Å²) in [6.45, 7) is 7.20. The Hall–Kier alpha value is -1.67. The van der Waals surface area contributed by atoms with Gasteiger partial charge in [0.15, 0.2) is 5.13 Å². The second kappa shape index (κ2) is 9.22. The fraction of sp³-hybridized carbons (Fsp3) is 0.421. The van der Waals surface area contributed by atoms with Gasteiger partial charge in [0.25, 0.3) is 5.91 Å². The molecule has 0 atom stereocenters. The van der Waals surface area contributed by atoms with Crippen LogP contribution in [0.15, 0.2) is 24.3 Å². The maximum atomic E-state index is 13.4. The van der Waals surface area contributed by atoms with Crippen LogP contribution in [-0.4, -0.2) is 52.8 Å². The molecule has 1 aromatic carbocycles. The van der Waals surface area contributed by atoms with Gasteiger partial charge in [-0.05, 0) is 53.1 Å². The highest BCUT2D eigenvalue weighted by molar-refractivity contribution is 7.22. The van der Waals surface area contributed by atoms with Crippen molar-refractivity contribution in [3.63, 3.8) is 0 Å². The number of likely N-dealkylation sites (N-methyl/N-ethyl adjacent to an activating group) is 1. The normalized spacial score (nSPS) is 11.3. The van der Waals surface area contributed by atoms with Crippen LogP contribution in [0.1, 0.15) is 36.1 Å². The van der Waals surface area contributed by atoms with Gasteiger partial charge >= 0.3 is 0 Å². The first-order valence-electron chi connectivity index (χ1n) is 8.85. The van der Waals surface area contributed by atoms with Crippen LogP contribution < -0.4 is 4.90 Å². The minimum atomic E-state index is -0.0960. The molecule has 9 heteroatoms. The molecule has 0 aliphatic carbocycles. The molecule has 0 saturated heterocycles. The van der Waals surface area contributed by atoms with Gasteiger partial charge in [-0.3, -0.25) is 14.4 Å². The Balaban J connectivity index is 0.00000280. The van der Waals surface area contributed by atoms with Crippen LogP contribution >= 0.6 is 35.3 Å². The van der Waals surface area contributed by atoms with E-state index in [1.165, 1.54) is 11.3 Å². The maximum Gasteiger partial charge on any atom is 0.278 e. The number of carbonyl (C=O) groups excluding carboxylic acids is 1. The monoisotopic (exact) mass is 441 g/mol. The van der Waals surface area contributed by atoms with Crippen molar-refractivity contribution in [1.29, 1.82) is 0 Å². The van der Waals surface area contributed by atoms with E-state index in [0.29, 0.717) is 22.4 Å². The zero-order chi connectivity index (χ0) is 19.7. The summed E-state index contributed by atoms with van der Waals surface area (Å²) in [5.74, 6) is -0.0960. The highest BCUT2D eigenvalue weighted by atomic mass is 35.5. The van der Waals surface area contributed by atoms with Crippen molar-refractivity contribution < 1.29 is 4.79 Å². The van der Waals surface area contributed by atoms with E-state index in [-0.39, 0.29) is 24.4 Å². The van der Waals surface area contributed by atoms with Gasteiger partial charge in [-0.25, -0.2) is 4.98 Å². The van der Waals surface area contributed by atoms with E-state index in [1.54, 1.807) is 9.58 Å². The molecule has 2 heterocycles. The van der Waals surface area contributed by atoms with Crippen LogP contribution in [0.2, 0.25) is 5.02 Å². The van der Waals surface area contributed by atoms with Crippen LogP contribution in [0, 0.1) is 6.92 Å². The number of hydrogen-bond acceptors (Lipinski definition) is 5. The predicted molar refractivity (Wildman–Crippen MR) is 119 cm³/mol. The molecule has 0 saturated carbocycles. The third-order valence-electron chi connectivity index (χ3n) is 4.17. The molecule has 0 N–H and O–H groups in total. The average Bonchev–Trinajstić information content (AvgIpc) is 3.19. The summed E-state index contributed by atoms with van der Waals surface area (Å²) in [5, 5.41) is 5.73. The summed E-state index contributed by atoms with van der Waals surface area (Å²) in [5.41, 5.74) is 2.13. The Morgan fingerprint density at radius 2 is 2.00 bits per heavy atom. The highest BCUT2D eigenvalue weighted by Crippen LogP contribution is 2.33. The number of halogens is 2. The Morgan fingerprint density at radius 3 is 2.61 bits per heavy atom. The minimum Gasteiger partial charge on any atom is -0.308 e. The number of benzene rings is 1. The highest BCUT2D eigenvalue weighted by Gasteiger charge is 2.26. The van der Waals surface area contributed by atoms with Crippen molar-refractivity contribution in [2.75, 3.05) is 32.1 Å². The molecule has 0 radical (unpaired) electrons. The molecule has 0 unspecified atom stereocenters. The van der Waals surface area contributed by atoms with Crippen LogP contribution in [0.3, 0.4) is 0 Å². The second-order valence-corrected chi connectivity index (χ2v) is 8.47. The van der Waals surface area contributed by atoms with Crippen LogP contribution in [0.4, 0.5) is 5.13 Å². The zero-order valence-corrected chi connectivity index (χ0v) is 19.0. The topological polar surface area (TPSA) is 54.3 Å². The fourth-order valence-electron chi connectivity index (χ4n) is 2.81. The summed E-state index contributed by atoms with van der Waals surface area (Å²) in [4.78, 5) is 21.9. The van der Waals surface area contributed by atoms with Gasteiger partial charge in [0.2, 0.25) is 0 Å². The number of aryl methyl sites for hydroxylation is 1. The van der Waals surface area contributed by atoms with Gasteiger partial charge < -0.3 is 4.90 Å². The standard InChI is InChI=1S/C19H24ClN5OS.ClH/c1-12(2)25-15(11-13(3)22-25)18(26)24(10-9-23(4)5)19-21-17-14(20)7-6-8-16(17)27-19;/h6-8,11-12H,9-10H2,1-5H3;1H. The number of amides is 1. The average molecular weight is 442 g/mol. The predicted octanol–water partition coefficient (Wildman–Crippen LogP) is 4.67. The van der Waals surface area contributed by atoms with E-state index in [0.717, 1.165) is 22.5 Å². The molecule has 1 amide bonds. The third-order valence-corrected chi connectivity index (χ3v) is 5.52. The van der Waals surface area contributed by atoms with Gasteiger partial charge in [-0.15, -0.1) is 12.4 Å². The van der Waals surface area contributed by atoms with Crippen molar-refractivity contribution in [2.24, 2.45) is 0 Å². The van der Waals surface area contributed by atoms with Gasteiger partial charge in [0.05, 0.1) is 15.4 Å². The van der Waals surface area contributed by atoms with Gasteiger partial charge in [-0.1, -0.05) is 29.0 Å². The van der Waals surface area contributed by atoms with Crippen molar-refractivity contribution in [1.82, 2.24) is 19.7 Å². The number of rotatable bonds is 6. The van der Waals surface area contributed by atoms with Gasteiger partial charge in [-0.2, -0.15) is 5.10 Å². The van der Waals surface area contributed by atoms with Gasteiger partial charge in [0.1, 0.15) is 11.2 Å². The quantitative estimate of drug-likeness (QED) is 0.557. The number of fused-ring (bicyclic) bond motifs is 1. The fourth-order valence-corrected chi connectivity index (χ4v) is 4.10. The molecule has 0 fully saturated rings. The molecule has 3 rings (SSSR count). The van der Waals surface area contributed by atoms with Crippen molar-refractivity contribution in [2.45, 2.75) is 26.8 Å². The SMILES string of the molecule is Cc1cc(C(=O)N(CCN(C)C)c2nc3c(Cl)cccc3s2)n(C(C)C)n1.Cl. The molecule has 152 valence electrons. The number of carbonyl (C=O) groups is 1. The van der Waals surface area contributed by atoms with E-state index in [4.69, 9.17) is 11.6 Å². The van der Waals surface area contributed by atoms with E-state index in [9.17, 15) is 4.79 Å². The Morgan fingerprint density at radius 1 is 1.29 bits per heavy atom. The summed E-state index contributed by atoms with van der Waals surface area (Å²) in [7, 11) is 3.97.